The number of aromatic nitrogens is 1. The van der Waals surface area contributed by atoms with Gasteiger partial charge in [0.25, 0.3) is 0 Å². The maximum absolute atomic E-state index is 13.7. The van der Waals surface area contributed by atoms with Crippen LogP contribution in [0.2, 0.25) is 0 Å². The minimum atomic E-state index is -1.05. The van der Waals surface area contributed by atoms with Crippen LogP contribution < -0.4 is 17.0 Å². The topological polar surface area (TPSA) is 12.9 Å². The molecule has 1 nitrogen and oxygen atoms in total. The molecular weight excluding hydrogens is 444 g/mol. The highest BCUT2D eigenvalue weighted by atomic mass is 79.9. The van der Waals surface area contributed by atoms with Crippen LogP contribution in [-0.2, 0) is 6.16 Å². The Morgan fingerprint density at radius 1 is 0.931 bits per heavy atom. The Labute approximate surface area is 185 Å². The monoisotopic (exact) mass is 473 g/mol. The normalized spacial score (nSPS) is 14.1. The summed E-state index contributed by atoms with van der Waals surface area (Å²) in [6.07, 6.45) is 7.49. The Bertz CT molecular complexity index is 970. The largest absolute Gasteiger partial charge is 1.00 e. The predicted octanol–water partition coefficient (Wildman–Crippen LogP) is 4.50. The smallest absolute Gasteiger partial charge is 0.123 e. The van der Waals surface area contributed by atoms with E-state index in [4.69, 9.17) is 4.98 Å². The van der Waals surface area contributed by atoms with Gasteiger partial charge in [-0.15, -0.1) is 0 Å². The third-order valence-corrected chi connectivity index (χ3v) is 11.6. The van der Waals surface area contributed by atoms with Gasteiger partial charge in [-0.3, -0.25) is 4.98 Å². The molecule has 0 bridgehead atoms. The van der Waals surface area contributed by atoms with E-state index in [2.05, 4.69) is 45.0 Å². The average Bonchev–Trinajstić information content (AvgIpc) is 3.57. The van der Waals surface area contributed by atoms with E-state index in [0.717, 1.165) is 17.2 Å². The highest BCUT2D eigenvalue weighted by Crippen LogP contribution is 2.62. The molecular formula is C25H30BrFNP. The third kappa shape index (κ3) is 4.42. The zero-order valence-corrected chi connectivity index (χ0v) is 20.1. The third-order valence-electron chi connectivity index (χ3n) is 6.63. The first-order valence-electron chi connectivity index (χ1n) is 10.6. The number of fused-ring (bicyclic) bond motifs is 1. The van der Waals surface area contributed by atoms with Crippen molar-refractivity contribution < 1.29 is 21.4 Å². The Kier molecular flexibility index (Phi) is 7.12. The number of para-hydroxylation sites is 1. The summed E-state index contributed by atoms with van der Waals surface area (Å²) < 4.78 is 13.7. The van der Waals surface area contributed by atoms with Crippen LogP contribution in [0.15, 0.2) is 48.5 Å². The van der Waals surface area contributed by atoms with Crippen LogP contribution in [0.25, 0.3) is 22.0 Å². The van der Waals surface area contributed by atoms with Crippen LogP contribution in [0.1, 0.15) is 50.8 Å². The van der Waals surface area contributed by atoms with Crippen LogP contribution in [0.4, 0.5) is 4.39 Å². The van der Waals surface area contributed by atoms with Gasteiger partial charge in [-0.25, -0.2) is 4.39 Å². The first kappa shape index (κ1) is 22.4. The number of benzene rings is 2. The zero-order chi connectivity index (χ0) is 19.7. The maximum atomic E-state index is 13.7. The second-order valence-corrected chi connectivity index (χ2v) is 13.0. The molecule has 1 heterocycles. The molecule has 1 fully saturated rings. The lowest BCUT2D eigenvalue weighted by molar-refractivity contribution is -0.00000646. The molecule has 0 saturated heterocycles. The Morgan fingerprint density at radius 2 is 1.55 bits per heavy atom. The molecule has 4 heteroatoms. The Balaban J connectivity index is 0.00000240. The summed E-state index contributed by atoms with van der Waals surface area (Å²) in [5.41, 5.74) is 6.26. The second-order valence-electron chi connectivity index (χ2n) is 8.10. The van der Waals surface area contributed by atoms with Gasteiger partial charge in [-0.1, -0.05) is 30.3 Å². The van der Waals surface area contributed by atoms with Crippen LogP contribution in [0.3, 0.4) is 0 Å². The van der Waals surface area contributed by atoms with Crippen molar-refractivity contribution >= 4 is 18.2 Å². The van der Waals surface area contributed by atoms with E-state index in [1.165, 1.54) is 53.5 Å². The molecule has 29 heavy (non-hydrogen) atoms. The minimum Gasteiger partial charge on any atom is -1.00 e. The average molecular weight is 474 g/mol. The van der Waals surface area contributed by atoms with Crippen LogP contribution in [0.5, 0.6) is 0 Å². The summed E-state index contributed by atoms with van der Waals surface area (Å²) in [6.45, 7) is 7.09. The van der Waals surface area contributed by atoms with Gasteiger partial charge >= 0.3 is 0 Å². The Hall–Kier alpha value is -1.31. The zero-order valence-electron chi connectivity index (χ0n) is 17.6. The van der Waals surface area contributed by atoms with Crippen molar-refractivity contribution in [3.63, 3.8) is 0 Å². The number of hydrogen-bond donors (Lipinski definition) is 0. The van der Waals surface area contributed by atoms with E-state index in [9.17, 15) is 4.39 Å². The van der Waals surface area contributed by atoms with Gasteiger partial charge in [0, 0.05) is 24.1 Å². The fourth-order valence-corrected chi connectivity index (χ4v) is 7.42. The van der Waals surface area contributed by atoms with Gasteiger partial charge in [-0.05, 0) is 62.9 Å². The van der Waals surface area contributed by atoms with Gasteiger partial charge in [0.1, 0.15) is 5.82 Å². The molecule has 1 aliphatic rings. The number of halogens is 2. The molecule has 0 radical (unpaired) electrons. The van der Waals surface area contributed by atoms with E-state index in [1.807, 2.05) is 12.1 Å². The first-order chi connectivity index (χ1) is 13.6. The molecule has 0 unspecified atom stereocenters. The summed E-state index contributed by atoms with van der Waals surface area (Å²) in [5.74, 6) is 0.426. The SMILES string of the molecule is CC[P+](CC)(CC)Cc1c(C2CC2)nc2ccccc2c1-c1ccc(F)cc1.[Br-]. The molecule has 0 spiro atoms. The van der Waals surface area contributed by atoms with Gasteiger partial charge in [0.2, 0.25) is 0 Å². The molecule has 0 atom stereocenters. The van der Waals surface area contributed by atoms with Crippen molar-refractivity contribution in [3.05, 3.63) is 65.6 Å². The van der Waals surface area contributed by atoms with E-state index < -0.39 is 7.26 Å². The molecule has 1 saturated carbocycles. The summed E-state index contributed by atoms with van der Waals surface area (Å²) in [4.78, 5) is 5.17. The summed E-state index contributed by atoms with van der Waals surface area (Å²) in [5, 5.41) is 1.20. The van der Waals surface area contributed by atoms with Gasteiger partial charge in [0.05, 0.1) is 35.9 Å². The van der Waals surface area contributed by atoms with Crippen molar-refractivity contribution in [1.29, 1.82) is 0 Å². The number of pyridine rings is 1. The highest BCUT2D eigenvalue weighted by molar-refractivity contribution is 7.75. The van der Waals surface area contributed by atoms with Crippen LogP contribution >= 0.6 is 7.26 Å². The van der Waals surface area contributed by atoms with Crippen LogP contribution in [0, 0.1) is 5.82 Å². The van der Waals surface area contributed by atoms with Crippen LogP contribution in [-0.4, -0.2) is 23.5 Å². The first-order valence-corrected chi connectivity index (χ1v) is 13.2. The molecule has 0 aliphatic heterocycles. The molecule has 0 N–H and O–H groups in total. The molecule has 2 aromatic carbocycles. The van der Waals surface area contributed by atoms with E-state index >= 15 is 0 Å². The quantitative estimate of drug-likeness (QED) is 0.460. The van der Waals surface area contributed by atoms with Crippen molar-refractivity contribution in [3.8, 4) is 11.1 Å². The molecule has 1 aromatic heterocycles. The lowest BCUT2D eigenvalue weighted by atomic mass is 9.93. The fraction of sp³-hybridized carbons (Fsp3) is 0.400. The van der Waals surface area contributed by atoms with E-state index in [0.29, 0.717) is 5.92 Å². The lowest BCUT2D eigenvalue weighted by Gasteiger charge is -2.27. The Morgan fingerprint density at radius 3 is 2.14 bits per heavy atom. The molecule has 1 aliphatic carbocycles. The number of hydrogen-bond acceptors (Lipinski definition) is 1. The molecule has 154 valence electrons. The second kappa shape index (κ2) is 9.23. The van der Waals surface area contributed by atoms with Gasteiger partial charge in [0.15, 0.2) is 0 Å². The predicted molar refractivity (Wildman–Crippen MR) is 121 cm³/mol. The van der Waals surface area contributed by atoms with Crippen molar-refractivity contribution in [2.75, 3.05) is 18.5 Å². The van der Waals surface area contributed by atoms with Crippen molar-refractivity contribution in [2.24, 2.45) is 0 Å². The van der Waals surface area contributed by atoms with E-state index in [-0.39, 0.29) is 22.8 Å². The van der Waals surface area contributed by atoms with Gasteiger partial charge < -0.3 is 17.0 Å². The van der Waals surface area contributed by atoms with Crippen molar-refractivity contribution in [1.82, 2.24) is 4.98 Å². The standard InChI is InChI=1S/C25H30FNP.BrH/c1-4-28(5-2,6-3)17-22-24(18-13-15-20(26)16-14-18)21-9-7-8-10-23(21)27-25(22)19-11-12-19;/h7-10,13-16,19H,4-6,11-12,17H2,1-3H3;1H/q+1;/p-1. The minimum absolute atomic E-state index is 0. The number of nitrogens with zero attached hydrogens (tertiary/aromatic N) is 1. The van der Waals surface area contributed by atoms with Crippen molar-refractivity contribution in [2.45, 2.75) is 45.7 Å². The summed E-state index contributed by atoms with van der Waals surface area (Å²) in [6, 6.07) is 15.6. The lowest BCUT2D eigenvalue weighted by Crippen LogP contribution is -3.00. The summed E-state index contributed by atoms with van der Waals surface area (Å²) in [7, 11) is -1.05. The fourth-order valence-electron chi connectivity index (χ4n) is 4.41. The molecule has 4 rings (SSSR count). The summed E-state index contributed by atoms with van der Waals surface area (Å²) >= 11 is 0. The van der Waals surface area contributed by atoms with E-state index in [1.54, 1.807) is 12.1 Å². The molecule has 3 aromatic rings. The number of rotatable bonds is 7. The van der Waals surface area contributed by atoms with Gasteiger partial charge in [-0.2, -0.15) is 0 Å². The highest BCUT2D eigenvalue weighted by Gasteiger charge is 2.37. The molecule has 0 amide bonds. The maximum Gasteiger partial charge on any atom is 0.123 e.